The quantitative estimate of drug-likeness (QED) is 0.161. The van der Waals surface area contributed by atoms with E-state index in [0.717, 1.165) is 21.8 Å². The number of anilines is 2. The third kappa shape index (κ3) is 5.78. The van der Waals surface area contributed by atoms with Crippen molar-refractivity contribution < 1.29 is 66.7 Å². The van der Waals surface area contributed by atoms with Gasteiger partial charge in [0.25, 0.3) is 11.8 Å². The summed E-state index contributed by atoms with van der Waals surface area (Å²) >= 11 is 0. The van der Waals surface area contributed by atoms with Gasteiger partial charge in [-0.25, -0.2) is 9.55 Å². The lowest BCUT2D eigenvalue weighted by Crippen LogP contribution is -3.00. The van der Waals surface area contributed by atoms with Crippen LogP contribution < -0.4 is 67.7 Å². The molecule has 182 valence electrons. The molecule has 0 aliphatic rings. The molecule has 2 amide bonds. The van der Waals surface area contributed by atoms with Crippen LogP contribution in [0.15, 0.2) is 91.3 Å². The van der Waals surface area contributed by atoms with Crippen molar-refractivity contribution in [2.75, 3.05) is 10.6 Å². The fraction of sp³-hybridized carbons (Fsp3) is 0.0741. The molecule has 2 N–H and O–H groups in total. The number of aromatic nitrogens is 3. The van der Waals surface area contributed by atoms with Crippen molar-refractivity contribution in [3.63, 3.8) is 0 Å². The Balaban J connectivity index is 0.00000180. The van der Waals surface area contributed by atoms with E-state index in [1.807, 2.05) is 96.3 Å². The molecule has 7 nitrogen and oxygen atoms in total. The van der Waals surface area contributed by atoms with Gasteiger partial charge in [0.1, 0.15) is 31.2 Å². The number of para-hydroxylation sites is 1. The van der Waals surface area contributed by atoms with E-state index in [4.69, 9.17) is 0 Å². The SMILES string of the molecule is C[n+]1cccc2cc(NC(=O)c3cccc(C(=O)Nc4cc5ccccc5[n+](C)c4)n3)ccc21.[I-].[I-]. The fourth-order valence-corrected chi connectivity index (χ4v) is 4.00. The molecule has 0 atom stereocenters. The minimum atomic E-state index is -0.386. The number of amides is 2. The number of benzene rings is 2. The molecule has 36 heavy (non-hydrogen) atoms. The molecule has 0 fully saturated rings. The van der Waals surface area contributed by atoms with Gasteiger partial charge in [0.15, 0.2) is 12.4 Å². The van der Waals surface area contributed by atoms with Crippen LogP contribution in [0.2, 0.25) is 0 Å². The van der Waals surface area contributed by atoms with Gasteiger partial charge in [0, 0.05) is 34.7 Å². The van der Waals surface area contributed by atoms with E-state index >= 15 is 0 Å². The first-order valence-corrected chi connectivity index (χ1v) is 10.8. The predicted molar refractivity (Wildman–Crippen MR) is 130 cm³/mol. The number of rotatable bonds is 4. The van der Waals surface area contributed by atoms with Crippen LogP contribution in [-0.4, -0.2) is 16.8 Å². The largest absolute Gasteiger partial charge is 1.00 e. The Morgan fingerprint density at radius 2 is 1.25 bits per heavy atom. The fourth-order valence-electron chi connectivity index (χ4n) is 4.00. The highest BCUT2D eigenvalue weighted by Crippen LogP contribution is 2.18. The summed E-state index contributed by atoms with van der Waals surface area (Å²) in [6.07, 6.45) is 3.81. The number of hydrogen-bond donors (Lipinski definition) is 2. The van der Waals surface area contributed by atoms with Crippen LogP contribution in [0.1, 0.15) is 21.0 Å². The highest BCUT2D eigenvalue weighted by atomic mass is 127. The molecule has 5 rings (SSSR count). The first kappa shape index (κ1) is 27.4. The Bertz CT molecular complexity index is 1590. The van der Waals surface area contributed by atoms with E-state index in [9.17, 15) is 9.59 Å². The summed E-state index contributed by atoms with van der Waals surface area (Å²) in [5.74, 6) is -0.769. The third-order valence-corrected chi connectivity index (χ3v) is 5.68. The topological polar surface area (TPSA) is 78.9 Å². The zero-order chi connectivity index (χ0) is 23.7. The molecular weight excluding hydrogens is 680 g/mol. The monoisotopic (exact) mass is 703 g/mol. The Morgan fingerprint density at radius 1 is 0.667 bits per heavy atom. The summed E-state index contributed by atoms with van der Waals surface area (Å²) < 4.78 is 3.96. The lowest BCUT2D eigenvalue weighted by Gasteiger charge is -2.08. The minimum absolute atomic E-state index is 0. The van der Waals surface area contributed by atoms with E-state index < -0.39 is 0 Å². The van der Waals surface area contributed by atoms with Gasteiger partial charge in [-0.15, -0.1) is 0 Å². The molecule has 0 spiro atoms. The van der Waals surface area contributed by atoms with Gasteiger partial charge in [-0.2, -0.15) is 4.57 Å². The molecular formula is C27H23I2N5O2. The number of aryl methyl sites for hydroxylation is 2. The maximum atomic E-state index is 12.9. The highest BCUT2D eigenvalue weighted by Gasteiger charge is 2.16. The summed E-state index contributed by atoms with van der Waals surface area (Å²) in [5, 5.41) is 7.76. The van der Waals surface area contributed by atoms with Gasteiger partial charge in [-0.3, -0.25) is 9.59 Å². The number of halogens is 2. The average Bonchev–Trinajstić information content (AvgIpc) is 2.84. The maximum absolute atomic E-state index is 12.9. The molecule has 0 aliphatic carbocycles. The molecule has 0 bridgehead atoms. The number of pyridine rings is 3. The van der Waals surface area contributed by atoms with Gasteiger partial charge >= 0.3 is 0 Å². The van der Waals surface area contributed by atoms with Crippen molar-refractivity contribution in [2.45, 2.75) is 0 Å². The Labute approximate surface area is 242 Å². The molecule has 2 aromatic carbocycles. The van der Waals surface area contributed by atoms with Crippen molar-refractivity contribution in [1.82, 2.24) is 4.98 Å². The molecule has 0 unspecified atom stereocenters. The van der Waals surface area contributed by atoms with Crippen LogP contribution in [0.5, 0.6) is 0 Å². The lowest BCUT2D eigenvalue weighted by molar-refractivity contribution is -0.644. The zero-order valence-corrected chi connectivity index (χ0v) is 23.9. The molecule has 0 saturated heterocycles. The molecule has 5 aromatic rings. The highest BCUT2D eigenvalue weighted by molar-refractivity contribution is 6.06. The third-order valence-electron chi connectivity index (χ3n) is 5.68. The molecule has 0 saturated carbocycles. The smallest absolute Gasteiger partial charge is 0.274 e. The Hall–Kier alpha value is -3.19. The maximum Gasteiger partial charge on any atom is 0.274 e. The van der Waals surface area contributed by atoms with Gasteiger partial charge in [-0.1, -0.05) is 18.2 Å². The van der Waals surface area contributed by atoms with E-state index in [0.29, 0.717) is 11.4 Å². The van der Waals surface area contributed by atoms with Crippen molar-refractivity contribution >= 4 is 45.0 Å². The molecule has 3 aromatic heterocycles. The Kier molecular flexibility index (Phi) is 8.90. The number of carbonyl (C=O) groups excluding carboxylic acids is 2. The standard InChI is InChI=1S/C27H21N5O2.2HI/c1-31-14-6-8-19-15-20(12-13-25(19)31)28-26(33)22-9-5-10-23(30-22)27(34)29-21-16-18-7-3-4-11-24(18)32(2)17-21;;/h3-17H,1-2H3;2*1H. The van der Waals surface area contributed by atoms with Crippen molar-refractivity contribution in [3.8, 4) is 0 Å². The number of nitrogens with zero attached hydrogens (tertiary/aromatic N) is 3. The van der Waals surface area contributed by atoms with Crippen LogP contribution in [0.3, 0.4) is 0 Å². The Morgan fingerprint density at radius 3 is 1.97 bits per heavy atom. The van der Waals surface area contributed by atoms with Crippen molar-refractivity contribution in [2.24, 2.45) is 14.1 Å². The van der Waals surface area contributed by atoms with Gasteiger partial charge in [0.2, 0.25) is 11.0 Å². The van der Waals surface area contributed by atoms with Crippen LogP contribution in [0, 0.1) is 0 Å². The van der Waals surface area contributed by atoms with Crippen LogP contribution in [0.25, 0.3) is 21.8 Å². The lowest BCUT2D eigenvalue weighted by atomic mass is 10.2. The number of fused-ring (bicyclic) bond motifs is 2. The number of hydrogen-bond acceptors (Lipinski definition) is 3. The molecule has 0 radical (unpaired) electrons. The van der Waals surface area contributed by atoms with E-state index in [1.54, 1.807) is 18.2 Å². The van der Waals surface area contributed by atoms with Crippen LogP contribution in [0.4, 0.5) is 11.4 Å². The zero-order valence-electron chi connectivity index (χ0n) is 19.6. The first-order chi connectivity index (χ1) is 16.5. The summed E-state index contributed by atoms with van der Waals surface area (Å²) in [6.45, 7) is 0. The summed E-state index contributed by atoms with van der Waals surface area (Å²) in [5.41, 5.74) is 3.74. The van der Waals surface area contributed by atoms with Gasteiger partial charge < -0.3 is 58.6 Å². The second-order valence-electron chi connectivity index (χ2n) is 8.11. The van der Waals surface area contributed by atoms with Crippen molar-refractivity contribution in [3.05, 3.63) is 103 Å². The summed E-state index contributed by atoms with van der Waals surface area (Å²) in [6, 6.07) is 24.3. The van der Waals surface area contributed by atoms with E-state index in [-0.39, 0.29) is 71.2 Å². The second kappa shape index (κ2) is 11.7. The van der Waals surface area contributed by atoms with Crippen LogP contribution >= 0.6 is 0 Å². The van der Waals surface area contributed by atoms with Crippen LogP contribution in [-0.2, 0) is 14.1 Å². The van der Waals surface area contributed by atoms with Crippen molar-refractivity contribution in [1.29, 1.82) is 0 Å². The average molecular weight is 703 g/mol. The van der Waals surface area contributed by atoms with Gasteiger partial charge in [0.05, 0.1) is 0 Å². The number of carbonyl (C=O) groups is 2. The minimum Gasteiger partial charge on any atom is -1.00 e. The summed E-state index contributed by atoms with van der Waals surface area (Å²) in [7, 11) is 3.90. The normalized spacial score (nSPS) is 10.3. The molecule has 0 aliphatic heterocycles. The first-order valence-electron chi connectivity index (χ1n) is 10.8. The number of nitrogens with one attached hydrogen (secondary N) is 2. The van der Waals surface area contributed by atoms with E-state index in [2.05, 4.69) is 15.6 Å². The van der Waals surface area contributed by atoms with E-state index in [1.165, 1.54) is 0 Å². The second-order valence-corrected chi connectivity index (χ2v) is 8.11. The van der Waals surface area contributed by atoms with Gasteiger partial charge in [-0.05, 0) is 42.5 Å². The summed E-state index contributed by atoms with van der Waals surface area (Å²) in [4.78, 5) is 30.0. The predicted octanol–water partition coefficient (Wildman–Crippen LogP) is -2.45. The molecule has 3 heterocycles. The molecule has 9 heteroatoms.